The molecule has 0 aliphatic carbocycles. The van der Waals surface area contributed by atoms with Crippen LogP contribution in [-0.4, -0.2) is 16.0 Å². The number of nitrogens with zero attached hydrogens (tertiary/aromatic N) is 2. The number of carbonyl (C=O) groups is 1. The van der Waals surface area contributed by atoms with Crippen LogP contribution in [0, 0.1) is 12.8 Å². The van der Waals surface area contributed by atoms with E-state index in [-0.39, 0.29) is 17.9 Å². The van der Waals surface area contributed by atoms with E-state index in [0.29, 0.717) is 24.6 Å². The Morgan fingerprint density at radius 1 is 1.11 bits per heavy atom. The fourth-order valence-electron chi connectivity index (χ4n) is 3.01. The number of hydrogen-bond acceptors (Lipinski definition) is 4. The third kappa shape index (κ3) is 5.06. The maximum Gasteiger partial charge on any atom is 0.249 e. The Labute approximate surface area is 166 Å². The summed E-state index contributed by atoms with van der Waals surface area (Å²) in [5.74, 6) is 1.18. The van der Waals surface area contributed by atoms with Crippen LogP contribution in [0.1, 0.15) is 49.7 Å². The number of aromatic nitrogens is 2. The van der Waals surface area contributed by atoms with Crippen LogP contribution in [0.5, 0.6) is 0 Å². The Morgan fingerprint density at radius 3 is 2.50 bits per heavy atom. The van der Waals surface area contributed by atoms with E-state index in [1.165, 1.54) is 5.56 Å². The highest BCUT2D eigenvalue weighted by Gasteiger charge is 2.26. The van der Waals surface area contributed by atoms with Crippen molar-refractivity contribution in [1.29, 1.82) is 0 Å². The van der Waals surface area contributed by atoms with Crippen molar-refractivity contribution >= 4 is 5.91 Å². The van der Waals surface area contributed by atoms with Crippen LogP contribution in [0.4, 0.5) is 0 Å². The minimum atomic E-state index is -0.292. The lowest BCUT2D eigenvalue weighted by atomic mass is 9.98. The normalized spacial score (nSPS) is 13.1. The second-order valence-corrected chi connectivity index (χ2v) is 7.24. The first-order valence-electron chi connectivity index (χ1n) is 9.80. The molecule has 3 rings (SSSR count). The second-order valence-electron chi connectivity index (χ2n) is 7.24. The molecule has 1 N–H and O–H groups in total. The van der Waals surface area contributed by atoms with Crippen LogP contribution in [0.3, 0.4) is 0 Å². The molecule has 0 radical (unpaired) electrons. The number of amides is 1. The first-order valence-corrected chi connectivity index (χ1v) is 9.80. The zero-order chi connectivity index (χ0) is 19.9. The van der Waals surface area contributed by atoms with Crippen LogP contribution in [0.2, 0.25) is 0 Å². The fraction of sp³-hybridized carbons (Fsp3) is 0.348. The molecule has 0 spiro atoms. The summed E-state index contributed by atoms with van der Waals surface area (Å²) in [7, 11) is 0. The Kier molecular flexibility index (Phi) is 6.58. The van der Waals surface area contributed by atoms with Crippen LogP contribution in [-0.2, 0) is 11.2 Å². The molecule has 0 bridgehead atoms. The topological polar surface area (TPSA) is 68.0 Å². The molecule has 0 unspecified atom stereocenters. The number of benzene rings is 2. The molecule has 2 atom stereocenters. The van der Waals surface area contributed by atoms with E-state index in [9.17, 15) is 4.79 Å². The number of aryl methyl sites for hydroxylation is 2. The molecule has 0 saturated heterocycles. The van der Waals surface area contributed by atoms with Crippen molar-refractivity contribution in [2.24, 2.45) is 5.92 Å². The smallest absolute Gasteiger partial charge is 0.249 e. The van der Waals surface area contributed by atoms with Gasteiger partial charge in [0.1, 0.15) is 6.04 Å². The third-order valence-electron chi connectivity index (χ3n) is 5.03. The molecule has 28 heavy (non-hydrogen) atoms. The highest BCUT2D eigenvalue weighted by Crippen LogP contribution is 2.26. The van der Waals surface area contributed by atoms with Gasteiger partial charge in [0.05, 0.1) is 0 Å². The lowest BCUT2D eigenvalue weighted by molar-refractivity contribution is -0.122. The lowest BCUT2D eigenvalue weighted by Gasteiger charge is -2.20. The Balaban J connectivity index is 1.70. The van der Waals surface area contributed by atoms with E-state index in [2.05, 4.69) is 29.3 Å². The fourth-order valence-corrected chi connectivity index (χ4v) is 3.01. The van der Waals surface area contributed by atoms with Crippen molar-refractivity contribution in [2.45, 2.75) is 46.1 Å². The van der Waals surface area contributed by atoms with Crippen molar-refractivity contribution < 1.29 is 9.32 Å². The van der Waals surface area contributed by atoms with Gasteiger partial charge in [-0.3, -0.25) is 4.79 Å². The van der Waals surface area contributed by atoms with Gasteiger partial charge in [-0.1, -0.05) is 85.6 Å². The highest BCUT2D eigenvalue weighted by atomic mass is 16.5. The van der Waals surface area contributed by atoms with Gasteiger partial charge < -0.3 is 9.84 Å². The van der Waals surface area contributed by atoms with Gasteiger partial charge in [0.2, 0.25) is 17.6 Å². The lowest BCUT2D eigenvalue weighted by Crippen LogP contribution is -2.32. The molecule has 1 heterocycles. The highest BCUT2D eigenvalue weighted by molar-refractivity contribution is 5.76. The molecular weight excluding hydrogens is 350 g/mol. The molecule has 3 aromatic rings. The van der Waals surface area contributed by atoms with Crippen LogP contribution in [0.25, 0.3) is 11.4 Å². The van der Waals surface area contributed by atoms with Crippen LogP contribution >= 0.6 is 0 Å². The van der Waals surface area contributed by atoms with Crippen LogP contribution in [0.15, 0.2) is 59.1 Å². The van der Waals surface area contributed by atoms with E-state index >= 15 is 0 Å². The van der Waals surface area contributed by atoms with Crippen molar-refractivity contribution in [2.75, 3.05) is 0 Å². The number of carbonyl (C=O) groups excluding carboxylic acids is 1. The van der Waals surface area contributed by atoms with Gasteiger partial charge in [0.25, 0.3) is 0 Å². The molecule has 5 heteroatoms. The Hall–Kier alpha value is -2.95. The van der Waals surface area contributed by atoms with Crippen molar-refractivity contribution in [3.63, 3.8) is 0 Å². The summed E-state index contributed by atoms with van der Waals surface area (Å²) < 4.78 is 5.52. The summed E-state index contributed by atoms with van der Waals surface area (Å²) in [6.07, 6.45) is 2.03. The second kappa shape index (κ2) is 9.31. The molecule has 146 valence electrons. The monoisotopic (exact) mass is 377 g/mol. The van der Waals surface area contributed by atoms with Gasteiger partial charge in [0.15, 0.2) is 0 Å². The molecule has 1 amide bonds. The van der Waals surface area contributed by atoms with E-state index < -0.39 is 0 Å². The zero-order valence-corrected chi connectivity index (χ0v) is 16.7. The van der Waals surface area contributed by atoms with Crippen molar-refractivity contribution in [3.8, 4) is 11.4 Å². The van der Waals surface area contributed by atoms with Gasteiger partial charge in [-0.05, 0) is 24.8 Å². The Bertz CT molecular complexity index is 888. The summed E-state index contributed by atoms with van der Waals surface area (Å²) >= 11 is 0. The molecule has 1 aromatic heterocycles. The zero-order valence-electron chi connectivity index (χ0n) is 16.7. The molecular formula is C23H27N3O2. The molecule has 0 aliphatic rings. The first-order chi connectivity index (χ1) is 13.6. The SMILES string of the molecule is CC[C@H](C)[C@@H](NC(=O)CCc1ccccc1)c1nc(-c2ccc(C)cc2)no1. The molecule has 0 aliphatic heterocycles. The first kappa shape index (κ1) is 19.8. The van der Waals surface area contributed by atoms with Gasteiger partial charge in [-0.15, -0.1) is 0 Å². The van der Waals surface area contributed by atoms with E-state index in [1.54, 1.807) is 0 Å². The van der Waals surface area contributed by atoms with E-state index in [4.69, 9.17) is 4.52 Å². The van der Waals surface area contributed by atoms with Crippen LogP contribution < -0.4 is 5.32 Å². The molecule has 5 nitrogen and oxygen atoms in total. The average molecular weight is 377 g/mol. The number of rotatable bonds is 8. The predicted octanol–water partition coefficient (Wildman–Crippen LogP) is 4.88. The largest absolute Gasteiger partial charge is 0.344 e. The summed E-state index contributed by atoms with van der Waals surface area (Å²) in [5.41, 5.74) is 3.23. The molecule has 2 aromatic carbocycles. The maximum absolute atomic E-state index is 12.5. The number of nitrogens with one attached hydrogen (secondary N) is 1. The van der Waals surface area contributed by atoms with Gasteiger partial charge in [-0.2, -0.15) is 4.98 Å². The Morgan fingerprint density at radius 2 is 1.82 bits per heavy atom. The minimum absolute atomic E-state index is 0.00996. The van der Waals surface area contributed by atoms with E-state index in [1.807, 2.05) is 61.5 Å². The number of hydrogen-bond donors (Lipinski definition) is 1. The van der Waals surface area contributed by atoms with E-state index in [0.717, 1.165) is 17.5 Å². The third-order valence-corrected chi connectivity index (χ3v) is 5.03. The summed E-state index contributed by atoms with van der Waals surface area (Å²) in [6.45, 7) is 6.21. The average Bonchev–Trinajstić information content (AvgIpc) is 3.21. The van der Waals surface area contributed by atoms with Gasteiger partial charge >= 0.3 is 0 Å². The molecule has 0 saturated carbocycles. The van der Waals surface area contributed by atoms with Gasteiger partial charge in [0, 0.05) is 12.0 Å². The standard InChI is InChI=1S/C23H27N3O2/c1-4-17(3)21(24-20(27)15-12-18-8-6-5-7-9-18)23-25-22(26-28-23)19-13-10-16(2)11-14-19/h5-11,13-14,17,21H,4,12,15H2,1-3H3,(H,24,27)/t17-,21+/m0/s1. The predicted molar refractivity (Wildman–Crippen MR) is 110 cm³/mol. The van der Waals surface area contributed by atoms with Crippen molar-refractivity contribution in [1.82, 2.24) is 15.5 Å². The molecule has 0 fully saturated rings. The minimum Gasteiger partial charge on any atom is -0.344 e. The quantitative estimate of drug-likeness (QED) is 0.607. The summed E-state index contributed by atoms with van der Waals surface area (Å²) in [6, 6.07) is 17.7. The van der Waals surface area contributed by atoms with Gasteiger partial charge in [-0.25, -0.2) is 0 Å². The summed E-state index contributed by atoms with van der Waals surface area (Å²) in [5, 5.41) is 7.21. The maximum atomic E-state index is 12.5. The summed E-state index contributed by atoms with van der Waals surface area (Å²) in [4.78, 5) is 17.1. The van der Waals surface area contributed by atoms with Crippen molar-refractivity contribution in [3.05, 3.63) is 71.6 Å².